The largest absolute Gasteiger partial charge is 1.00 e. The van der Waals surface area contributed by atoms with Crippen molar-refractivity contribution in [2.45, 2.75) is 26.3 Å². The van der Waals surface area contributed by atoms with Gasteiger partial charge in [0.25, 0.3) is 5.91 Å². The average Bonchev–Trinajstić information content (AvgIpc) is 3.13. The fourth-order valence-corrected chi connectivity index (χ4v) is 3.03. The van der Waals surface area contributed by atoms with Crippen molar-refractivity contribution in [3.8, 4) is 0 Å². The molecule has 1 N–H and O–H groups in total. The van der Waals surface area contributed by atoms with Crippen LogP contribution in [-0.2, 0) is 11.3 Å². The highest BCUT2D eigenvalue weighted by atomic mass is 35.5. The van der Waals surface area contributed by atoms with Crippen molar-refractivity contribution in [2.24, 2.45) is 4.99 Å². The van der Waals surface area contributed by atoms with Gasteiger partial charge in [-0.1, -0.05) is 32.0 Å². The second-order valence-electron chi connectivity index (χ2n) is 5.60. The number of nitrogens with one attached hydrogen (secondary N) is 1. The number of rotatable bonds is 4. The molecule has 2 heterocycles. The summed E-state index contributed by atoms with van der Waals surface area (Å²) in [5.74, 6) is 1.18. The zero-order valence-corrected chi connectivity index (χ0v) is 14.7. The Morgan fingerprint density at radius 1 is 1.26 bits per heavy atom. The minimum absolute atomic E-state index is 0. The van der Waals surface area contributed by atoms with E-state index in [1.807, 2.05) is 29.6 Å². The number of anilines is 1. The molecule has 0 radical (unpaired) electrons. The molecule has 6 heteroatoms. The molecule has 0 unspecified atom stereocenters. The maximum Gasteiger partial charge on any atom is 0.251 e. The summed E-state index contributed by atoms with van der Waals surface area (Å²) in [5, 5.41) is 5.28. The van der Waals surface area contributed by atoms with E-state index in [9.17, 15) is 4.79 Å². The Balaban J connectivity index is 0.00000192. The molecule has 1 aromatic carbocycles. The van der Waals surface area contributed by atoms with Crippen molar-refractivity contribution in [3.63, 3.8) is 0 Å². The first-order valence-electron chi connectivity index (χ1n) is 7.37. The predicted octanol–water partition coefficient (Wildman–Crippen LogP) is 0.686. The summed E-state index contributed by atoms with van der Waals surface area (Å²) in [4.78, 5) is 19.2. The number of carbonyl (C=O) groups excluding carboxylic acids is 1. The highest BCUT2D eigenvalue weighted by molar-refractivity contribution is 7.09. The summed E-state index contributed by atoms with van der Waals surface area (Å²) in [6, 6.07) is 12.3. The van der Waals surface area contributed by atoms with E-state index < -0.39 is 0 Å². The Morgan fingerprint density at radius 3 is 2.61 bits per heavy atom. The van der Waals surface area contributed by atoms with Gasteiger partial charge < -0.3 is 17.7 Å². The first kappa shape index (κ1) is 17.5. The molecule has 23 heavy (non-hydrogen) atoms. The van der Waals surface area contributed by atoms with Crippen LogP contribution < -0.4 is 17.7 Å². The molecule has 4 nitrogen and oxygen atoms in total. The first-order chi connectivity index (χ1) is 10.6. The standard InChI is InChI=1S/C17H19N3OS.ClH/c1-12(2)13-5-7-14(8-6-13)19-17-18-10-16(21)20(17)11-15-4-3-9-22-15;/h3-9,12H,10-11H2,1-2H3,(H,18,19);1H/p-1. The summed E-state index contributed by atoms with van der Waals surface area (Å²) in [5.41, 5.74) is 2.25. The number of halogens is 1. The van der Waals surface area contributed by atoms with Gasteiger partial charge in [-0.3, -0.25) is 9.69 Å². The van der Waals surface area contributed by atoms with Crippen molar-refractivity contribution >= 4 is 28.9 Å². The number of nitrogens with zero attached hydrogens (tertiary/aromatic N) is 2. The van der Waals surface area contributed by atoms with Crippen LogP contribution in [0.4, 0.5) is 5.69 Å². The lowest BCUT2D eigenvalue weighted by molar-refractivity contribution is -0.125. The quantitative estimate of drug-likeness (QED) is 0.883. The van der Waals surface area contributed by atoms with E-state index in [0.29, 0.717) is 18.4 Å². The van der Waals surface area contributed by atoms with Crippen molar-refractivity contribution < 1.29 is 17.2 Å². The van der Waals surface area contributed by atoms with Gasteiger partial charge in [-0.15, -0.1) is 11.3 Å². The van der Waals surface area contributed by atoms with Gasteiger partial charge in [-0.05, 0) is 35.1 Å². The van der Waals surface area contributed by atoms with Crippen LogP contribution in [0.3, 0.4) is 0 Å². The third-order valence-corrected chi connectivity index (χ3v) is 4.51. The molecule has 0 spiro atoms. The molecule has 0 bridgehead atoms. The molecule has 1 aliphatic rings. The Labute approximate surface area is 146 Å². The van der Waals surface area contributed by atoms with Gasteiger partial charge in [0.1, 0.15) is 6.54 Å². The highest BCUT2D eigenvalue weighted by Crippen LogP contribution is 2.19. The molecule has 0 atom stereocenters. The van der Waals surface area contributed by atoms with Gasteiger partial charge in [0.05, 0.1) is 6.54 Å². The zero-order valence-electron chi connectivity index (χ0n) is 13.1. The van der Waals surface area contributed by atoms with E-state index in [2.05, 4.69) is 36.3 Å². The van der Waals surface area contributed by atoms with Gasteiger partial charge in [-0.25, -0.2) is 4.99 Å². The SMILES string of the molecule is CC(C)c1ccc(NC2=NCC(=O)N2Cc2cccs2)cc1.[Cl-]. The molecule has 1 aromatic heterocycles. The van der Waals surface area contributed by atoms with E-state index in [4.69, 9.17) is 0 Å². The van der Waals surface area contributed by atoms with E-state index in [1.54, 1.807) is 16.2 Å². The number of thiophene rings is 1. The molecule has 2 aromatic rings. The fraction of sp³-hybridized carbons (Fsp3) is 0.294. The molecule has 0 saturated carbocycles. The molecule has 1 aliphatic heterocycles. The van der Waals surface area contributed by atoms with Crippen LogP contribution in [0.15, 0.2) is 46.8 Å². The third-order valence-electron chi connectivity index (χ3n) is 3.65. The number of benzene rings is 1. The maximum atomic E-state index is 12.0. The third kappa shape index (κ3) is 4.12. The Hall–Kier alpha value is -1.85. The van der Waals surface area contributed by atoms with Crippen molar-refractivity contribution in [1.82, 2.24) is 4.90 Å². The lowest BCUT2D eigenvalue weighted by Gasteiger charge is -2.19. The van der Waals surface area contributed by atoms with Gasteiger partial charge in [0.2, 0.25) is 5.96 Å². The van der Waals surface area contributed by atoms with Crippen LogP contribution in [0.5, 0.6) is 0 Å². The van der Waals surface area contributed by atoms with Crippen LogP contribution in [0.2, 0.25) is 0 Å². The van der Waals surface area contributed by atoms with E-state index >= 15 is 0 Å². The Kier molecular flexibility index (Phi) is 5.80. The predicted molar refractivity (Wildman–Crippen MR) is 91.3 cm³/mol. The summed E-state index contributed by atoms with van der Waals surface area (Å²) < 4.78 is 0. The summed E-state index contributed by atoms with van der Waals surface area (Å²) in [6.07, 6.45) is 0. The lowest BCUT2D eigenvalue weighted by atomic mass is 10.0. The van der Waals surface area contributed by atoms with Gasteiger partial charge in [0.15, 0.2) is 0 Å². The molecule has 0 fully saturated rings. The Bertz CT molecular complexity index is 680. The van der Waals surface area contributed by atoms with Gasteiger partial charge in [0, 0.05) is 10.6 Å². The van der Waals surface area contributed by atoms with E-state index in [-0.39, 0.29) is 24.9 Å². The lowest BCUT2D eigenvalue weighted by Crippen LogP contribution is -3.00. The summed E-state index contributed by atoms with van der Waals surface area (Å²) in [6.45, 7) is 5.14. The maximum absolute atomic E-state index is 12.0. The number of amides is 1. The molecule has 3 rings (SSSR count). The second kappa shape index (κ2) is 7.62. The topological polar surface area (TPSA) is 44.7 Å². The van der Waals surface area contributed by atoms with Crippen LogP contribution in [0.25, 0.3) is 0 Å². The van der Waals surface area contributed by atoms with Crippen LogP contribution >= 0.6 is 11.3 Å². The number of carbonyl (C=O) groups is 1. The normalized spacial score (nSPS) is 14.0. The van der Waals surface area contributed by atoms with Crippen molar-refractivity contribution in [3.05, 3.63) is 52.2 Å². The number of hydrogen-bond acceptors (Lipinski definition) is 4. The monoisotopic (exact) mass is 348 g/mol. The van der Waals surface area contributed by atoms with Crippen molar-refractivity contribution in [1.29, 1.82) is 0 Å². The van der Waals surface area contributed by atoms with Gasteiger partial charge >= 0.3 is 0 Å². The fourth-order valence-electron chi connectivity index (χ4n) is 2.34. The molecule has 1 amide bonds. The minimum atomic E-state index is 0. The van der Waals surface area contributed by atoms with Crippen molar-refractivity contribution in [2.75, 3.05) is 11.9 Å². The first-order valence-corrected chi connectivity index (χ1v) is 8.25. The van der Waals surface area contributed by atoms with Crippen LogP contribution in [0.1, 0.15) is 30.2 Å². The molecule has 122 valence electrons. The van der Waals surface area contributed by atoms with Gasteiger partial charge in [-0.2, -0.15) is 0 Å². The smallest absolute Gasteiger partial charge is 0.251 e. The number of aliphatic imine (C=N–C) groups is 1. The number of hydrogen-bond donors (Lipinski definition) is 1. The Morgan fingerprint density at radius 2 is 2.00 bits per heavy atom. The summed E-state index contributed by atoms with van der Waals surface area (Å²) in [7, 11) is 0. The van der Waals surface area contributed by atoms with Crippen LogP contribution in [0, 0.1) is 0 Å². The van der Waals surface area contributed by atoms with E-state index in [1.165, 1.54) is 5.56 Å². The molecular formula is C17H19ClN3OS-. The summed E-state index contributed by atoms with van der Waals surface area (Å²) >= 11 is 1.65. The second-order valence-corrected chi connectivity index (χ2v) is 6.63. The molecular weight excluding hydrogens is 330 g/mol. The molecule has 0 aliphatic carbocycles. The highest BCUT2D eigenvalue weighted by Gasteiger charge is 2.25. The zero-order chi connectivity index (χ0) is 15.5. The van der Waals surface area contributed by atoms with Crippen LogP contribution in [-0.4, -0.2) is 23.3 Å². The average molecular weight is 349 g/mol. The minimum Gasteiger partial charge on any atom is -1.00 e. The number of guanidine groups is 1. The van der Waals surface area contributed by atoms with E-state index in [0.717, 1.165) is 10.6 Å². The molecule has 0 saturated heterocycles.